The summed E-state index contributed by atoms with van der Waals surface area (Å²) in [5, 5.41) is 8.95. The third-order valence-corrected chi connectivity index (χ3v) is 3.27. The molecule has 0 bridgehead atoms. The molecule has 1 saturated heterocycles. The molecule has 0 amide bonds. The van der Waals surface area contributed by atoms with Crippen LogP contribution in [0.5, 0.6) is 0 Å². The van der Waals surface area contributed by atoms with Gasteiger partial charge in [-0.2, -0.15) is 5.26 Å². The number of ether oxygens (including phenoxy) is 1. The summed E-state index contributed by atoms with van der Waals surface area (Å²) in [5.74, 6) is 1.02. The highest BCUT2D eigenvalue weighted by Gasteiger charge is 2.32. The molecule has 1 aliphatic heterocycles. The fourth-order valence-corrected chi connectivity index (χ4v) is 2.34. The van der Waals surface area contributed by atoms with Crippen LogP contribution in [-0.4, -0.2) is 23.7 Å². The minimum absolute atomic E-state index is 0.132. The highest BCUT2D eigenvalue weighted by Crippen LogP contribution is 2.34. The molecular weight excluding hydrogens is 158 g/mol. The summed E-state index contributed by atoms with van der Waals surface area (Å²) in [5.41, 5.74) is 0. The zero-order valence-electron chi connectivity index (χ0n) is 6.80. The molecule has 0 aliphatic carbocycles. The fraction of sp³-hybridized carbons (Fsp3) is 0.875. The Morgan fingerprint density at radius 1 is 1.55 bits per heavy atom. The van der Waals surface area contributed by atoms with Crippen molar-refractivity contribution in [3.8, 4) is 6.07 Å². The van der Waals surface area contributed by atoms with Gasteiger partial charge in [-0.25, -0.2) is 0 Å². The molecule has 0 aromatic rings. The normalized spacial score (nSPS) is 22.5. The van der Waals surface area contributed by atoms with Crippen molar-refractivity contribution in [2.24, 2.45) is 0 Å². The van der Waals surface area contributed by atoms with Gasteiger partial charge in [-0.3, -0.25) is 0 Å². The maximum atomic E-state index is 8.95. The SMILES string of the molecule is CCSC1(C#N)CCOCC1. The second kappa shape index (κ2) is 3.99. The van der Waals surface area contributed by atoms with Gasteiger partial charge in [0.2, 0.25) is 0 Å². The van der Waals surface area contributed by atoms with Gasteiger partial charge in [0.15, 0.2) is 0 Å². The van der Waals surface area contributed by atoms with Crippen LogP contribution in [0.4, 0.5) is 0 Å². The molecule has 0 saturated carbocycles. The molecular formula is C8H13NOS. The minimum Gasteiger partial charge on any atom is -0.381 e. The van der Waals surface area contributed by atoms with Crippen molar-refractivity contribution in [1.29, 1.82) is 5.26 Å². The number of thioether (sulfide) groups is 1. The van der Waals surface area contributed by atoms with E-state index in [-0.39, 0.29) is 4.75 Å². The van der Waals surface area contributed by atoms with Crippen molar-refractivity contribution < 1.29 is 4.74 Å². The number of rotatable bonds is 2. The van der Waals surface area contributed by atoms with Gasteiger partial charge in [-0.05, 0) is 18.6 Å². The Bertz CT molecular complexity index is 152. The van der Waals surface area contributed by atoms with Crippen LogP contribution in [0.2, 0.25) is 0 Å². The summed E-state index contributed by atoms with van der Waals surface area (Å²) in [7, 11) is 0. The van der Waals surface area contributed by atoms with Crippen LogP contribution >= 0.6 is 11.8 Å². The van der Waals surface area contributed by atoms with E-state index < -0.39 is 0 Å². The summed E-state index contributed by atoms with van der Waals surface area (Å²) < 4.78 is 5.08. The van der Waals surface area contributed by atoms with Gasteiger partial charge in [-0.1, -0.05) is 6.92 Å². The highest BCUT2D eigenvalue weighted by molar-refractivity contribution is 8.00. The number of nitriles is 1. The van der Waals surface area contributed by atoms with E-state index in [9.17, 15) is 0 Å². The molecule has 11 heavy (non-hydrogen) atoms. The lowest BCUT2D eigenvalue weighted by molar-refractivity contribution is 0.0886. The maximum Gasteiger partial charge on any atom is 0.107 e. The molecule has 62 valence electrons. The third kappa shape index (κ3) is 2.11. The highest BCUT2D eigenvalue weighted by atomic mass is 32.2. The molecule has 0 unspecified atom stereocenters. The Hall–Kier alpha value is -0.200. The van der Waals surface area contributed by atoms with Gasteiger partial charge in [0.05, 0.1) is 6.07 Å². The van der Waals surface area contributed by atoms with E-state index >= 15 is 0 Å². The van der Waals surface area contributed by atoms with Crippen molar-refractivity contribution >= 4 is 11.8 Å². The number of nitrogens with zero attached hydrogens (tertiary/aromatic N) is 1. The first-order valence-corrected chi connectivity index (χ1v) is 4.94. The van der Waals surface area contributed by atoms with Crippen LogP contribution in [0, 0.1) is 11.3 Å². The first kappa shape index (κ1) is 8.89. The van der Waals surface area contributed by atoms with Gasteiger partial charge < -0.3 is 4.74 Å². The van der Waals surface area contributed by atoms with E-state index in [2.05, 4.69) is 13.0 Å². The summed E-state index contributed by atoms with van der Waals surface area (Å²) >= 11 is 1.76. The number of hydrogen-bond acceptors (Lipinski definition) is 3. The third-order valence-electron chi connectivity index (χ3n) is 1.92. The van der Waals surface area contributed by atoms with Gasteiger partial charge in [0, 0.05) is 13.2 Å². The molecule has 2 nitrogen and oxygen atoms in total. The Labute approximate surface area is 71.9 Å². The van der Waals surface area contributed by atoms with E-state index in [1.807, 2.05) is 0 Å². The predicted octanol–water partition coefficient (Wildman–Crippen LogP) is 1.81. The first-order valence-electron chi connectivity index (χ1n) is 3.96. The van der Waals surface area contributed by atoms with Crippen LogP contribution in [0.3, 0.4) is 0 Å². The van der Waals surface area contributed by atoms with Crippen LogP contribution in [-0.2, 0) is 4.74 Å². The molecule has 3 heteroatoms. The van der Waals surface area contributed by atoms with Gasteiger partial charge in [0.1, 0.15) is 4.75 Å². The average molecular weight is 171 g/mol. The smallest absolute Gasteiger partial charge is 0.107 e. The lowest BCUT2D eigenvalue weighted by Crippen LogP contribution is -2.31. The quantitative estimate of drug-likeness (QED) is 0.635. The van der Waals surface area contributed by atoms with Crippen molar-refractivity contribution in [2.45, 2.75) is 24.5 Å². The largest absolute Gasteiger partial charge is 0.381 e. The lowest BCUT2D eigenvalue weighted by Gasteiger charge is -2.29. The molecule has 1 heterocycles. The topological polar surface area (TPSA) is 33.0 Å². The van der Waals surface area contributed by atoms with Gasteiger partial charge in [-0.15, -0.1) is 11.8 Å². The van der Waals surface area contributed by atoms with Crippen molar-refractivity contribution in [2.75, 3.05) is 19.0 Å². The maximum absolute atomic E-state index is 8.95. The van der Waals surface area contributed by atoms with Crippen molar-refractivity contribution in [1.82, 2.24) is 0 Å². The zero-order valence-corrected chi connectivity index (χ0v) is 7.62. The van der Waals surface area contributed by atoms with E-state index in [4.69, 9.17) is 10.00 Å². The van der Waals surface area contributed by atoms with E-state index in [1.54, 1.807) is 11.8 Å². The summed E-state index contributed by atoms with van der Waals surface area (Å²) in [6.45, 7) is 3.60. The Kier molecular flexibility index (Phi) is 3.22. The van der Waals surface area contributed by atoms with Crippen molar-refractivity contribution in [3.63, 3.8) is 0 Å². The minimum atomic E-state index is -0.132. The average Bonchev–Trinajstić information content (AvgIpc) is 2.07. The zero-order chi connectivity index (χ0) is 8.16. The summed E-state index contributed by atoms with van der Waals surface area (Å²) in [6, 6.07) is 2.40. The van der Waals surface area contributed by atoms with Crippen molar-refractivity contribution in [3.05, 3.63) is 0 Å². The molecule has 1 rings (SSSR count). The monoisotopic (exact) mass is 171 g/mol. The fourth-order valence-electron chi connectivity index (χ4n) is 1.27. The first-order chi connectivity index (χ1) is 5.33. The summed E-state index contributed by atoms with van der Waals surface area (Å²) in [6.07, 6.45) is 1.78. The van der Waals surface area contributed by atoms with Crippen LogP contribution in [0.25, 0.3) is 0 Å². The van der Waals surface area contributed by atoms with E-state index in [1.165, 1.54) is 0 Å². The molecule has 0 aromatic carbocycles. The lowest BCUT2D eigenvalue weighted by atomic mass is 10.0. The second-order valence-electron chi connectivity index (χ2n) is 2.65. The number of hydrogen-bond donors (Lipinski definition) is 0. The Morgan fingerprint density at radius 3 is 2.64 bits per heavy atom. The molecule has 0 aromatic heterocycles. The van der Waals surface area contributed by atoms with Crippen LogP contribution < -0.4 is 0 Å². The molecule has 0 spiro atoms. The van der Waals surface area contributed by atoms with E-state index in [0.29, 0.717) is 0 Å². The molecule has 1 aliphatic rings. The standard InChI is InChI=1S/C8H13NOS/c1-2-11-8(7-9)3-5-10-6-4-8/h2-6H2,1H3. The second-order valence-corrected chi connectivity index (χ2v) is 4.30. The van der Waals surface area contributed by atoms with Gasteiger partial charge >= 0.3 is 0 Å². The molecule has 0 radical (unpaired) electrons. The van der Waals surface area contributed by atoms with Crippen LogP contribution in [0.1, 0.15) is 19.8 Å². The predicted molar refractivity (Wildman–Crippen MR) is 46.5 cm³/mol. The van der Waals surface area contributed by atoms with Crippen LogP contribution in [0.15, 0.2) is 0 Å². The molecule has 0 N–H and O–H groups in total. The summed E-state index contributed by atoms with van der Waals surface area (Å²) in [4.78, 5) is 0. The molecule has 1 fully saturated rings. The Balaban J connectivity index is 2.51. The van der Waals surface area contributed by atoms with E-state index in [0.717, 1.165) is 31.8 Å². The molecule has 0 atom stereocenters. The Morgan fingerprint density at radius 2 is 2.18 bits per heavy atom. The van der Waals surface area contributed by atoms with Gasteiger partial charge in [0.25, 0.3) is 0 Å².